The Morgan fingerprint density at radius 3 is 2.50 bits per heavy atom. The molecule has 100 valence electrons. The molecule has 0 aromatic rings. The largest absolute Gasteiger partial charge is 0.465 e. The average molecular weight is 362 g/mol. The predicted molar refractivity (Wildman–Crippen MR) is 74.6 cm³/mol. The number of carbonyl (C=O) groups is 1. The smallest absolute Gasteiger partial charge is 0.314 e. The number of carbonyl (C=O) groups excluding carboxylic acids is 1. The molecule has 0 aromatic heterocycles. The first-order chi connectivity index (χ1) is 8.43. The zero-order valence-electron chi connectivity index (χ0n) is 10.8. The fraction of sp³-hybridized carbons (Fsp3) is 0.929. The third kappa shape index (κ3) is 1.37. The lowest BCUT2D eigenvalue weighted by molar-refractivity contribution is -0.170. The Kier molecular flexibility index (Phi) is 2.15. The quantitative estimate of drug-likeness (QED) is 0.438. The van der Waals surface area contributed by atoms with Crippen molar-refractivity contribution in [2.75, 3.05) is 13.2 Å². The van der Waals surface area contributed by atoms with Crippen LogP contribution in [-0.2, 0) is 14.3 Å². The van der Waals surface area contributed by atoms with E-state index in [2.05, 4.69) is 22.6 Å². The van der Waals surface area contributed by atoms with Crippen LogP contribution in [0.25, 0.3) is 0 Å². The molecule has 4 heteroatoms. The maximum Gasteiger partial charge on any atom is 0.314 e. The van der Waals surface area contributed by atoms with Crippen LogP contribution >= 0.6 is 22.6 Å². The second kappa shape index (κ2) is 3.25. The van der Waals surface area contributed by atoms with Crippen molar-refractivity contribution >= 4 is 28.6 Å². The highest BCUT2D eigenvalue weighted by molar-refractivity contribution is 14.1. The van der Waals surface area contributed by atoms with E-state index in [1.165, 1.54) is 25.7 Å². The van der Waals surface area contributed by atoms with Crippen molar-refractivity contribution in [3.8, 4) is 0 Å². The standard InChI is InChI=1S/C14H19IO3/c1-2-17-10(16)12-7-14(8-12,18-9-12)6-11-3-13(15,4-11)5-11/h2-9H2,1H3. The van der Waals surface area contributed by atoms with Gasteiger partial charge in [0, 0.05) is 3.42 Å². The summed E-state index contributed by atoms with van der Waals surface area (Å²) in [5.74, 6) is -0.0268. The first kappa shape index (κ1) is 11.9. The Bertz CT molecular complexity index is 405. The van der Waals surface area contributed by atoms with Gasteiger partial charge >= 0.3 is 5.97 Å². The SMILES string of the molecule is CCOC(=O)C12COC(CC34CC(I)(C3)C4)(C1)C2. The van der Waals surface area contributed by atoms with Crippen LogP contribution in [-0.4, -0.2) is 28.2 Å². The Hall–Kier alpha value is 0.160. The van der Waals surface area contributed by atoms with E-state index in [0.29, 0.717) is 22.1 Å². The maximum atomic E-state index is 12.0. The van der Waals surface area contributed by atoms with Gasteiger partial charge in [0.2, 0.25) is 0 Å². The Morgan fingerprint density at radius 1 is 1.28 bits per heavy atom. The van der Waals surface area contributed by atoms with Gasteiger partial charge in [-0.15, -0.1) is 0 Å². The van der Waals surface area contributed by atoms with Crippen LogP contribution in [0, 0.1) is 10.8 Å². The van der Waals surface area contributed by atoms with Crippen LogP contribution < -0.4 is 0 Å². The summed E-state index contributed by atoms with van der Waals surface area (Å²) in [6.07, 6.45) is 7.13. The van der Waals surface area contributed by atoms with Crippen molar-refractivity contribution in [3.63, 3.8) is 0 Å². The lowest BCUT2D eigenvalue weighted by atomic mass is 9.40. The van der Waals surface area contributed by atoms with Crippen LogP contribution in [0.3, 0.4) is 0 Å². The molecule has 6 fully saturated rings. The van der Waals surface area contributed by atoms with E-state index in [-0.39, 0.29) is 17.0 Å². The van der Waals surface area contributed by atoms with Gasteiger partial charge in [0.05, 0.1) is 24.2 Å². The average Bonchev–Trinajstić information content (AvgIpc) is 2.69. The van der Waals surface area contributed by atoms with Gasteiger partial charge in [-0.05, 0) is 50.9 Å². The minimum atomic E-state index is -0.276. The normalized spacial score (nSPS) is 55.2. The van der Waals surface area contributed by atoms with E-state index in [1.54, 1.807) is 0 Å². The molecule has 2 saturated heterocycles. The van der Waals surface area contributed by atoms with E-state index in [4.69, 9.17) is 9.47 Å². The van der Waals surface area contributed by atoms with Crippen LogP contribution in [0.4, 0.5) is 0 Å². The Labute approximate surface area is 121 Å². The molecule has 0 unspecified atom stereocenters. The Morgan fingerprint density at radius 2 is 1.94 bits per heavy atom. The highest BCUT2D eigenvalue weighted by Gasteiger charge is 2.73. The summed E-state index contributed by atoms with van der Waals surface area (Å²) >= 11 is 2.62. The predicted octanol–water partition coefficient (Wildman–Crippen LogP) is 2.85. The van der Waals surface area contributed by atoms with Crippen molar-refractivity contribution < 1.29 is 14.3 Å². The van der Waals surface area contributed by atoms with E-state index < -0.39 is 0 Å². The first-order valence-corrected chi connectivity index (χ1v) is 8.01. The molecule has 0 radical (unpaired) electrons. The zero-order chi connectivity index (χ0) is 12.6. The molecule has 0 aromatic carbocycles. The number of esters is 1. The molecular weight excluding hydrogens is 343 g/mol. The molecule has 0 spiro atoms. The Balaban J connectivity index is 1.41. The molecule has 3 nitrogen and oxygen atoms in total. The lowest BCUT2D eigenvalue weighted by Gasteiger charge is -2.70. The molecular formula is C14H19IO3. The van der Waals surface area contributed by atoms with Crippen molar-refractivity contribution in [3.05, 3.63) is 0 Å². The van der Waals surface area contributed by atoms with Gasteiger partial charge in [0.15, 0.2) is 0 Å². The minimum Gasteiger partial charge on any atom is -0.465 e. The van der Waals surface area contributed by atoms with Crippen LogP contribution in [0.5, 0.6) is 0 Å². The van der Waals surface area contributed by atoms with E-state index in [0.717, 1.165) is 12.8 Å². The summed E-state index contributed by atoms with van der Waals surface area (Å²) in [7, 11) is 0. The number of rotatable bonds is 4. The number of hydrogen-bond donors (Lipinski definition) is 0. The third-order valence-corrected chi connectivity index (χ3v) is 6.60. The maximum absolute atomic E-state index is 12.0. The topological polar surface area (TPSA) is 35.5 Å². The second-order valence-corrected chi connectivity index (χ2v) is 9.47. The molecule has 0 amide bonds. The third-order valence-electron chi connectivity index (χ3n) is 5.46. The lowest BCUT2D eigenvalue weighted by Crippen LogP contribution is -2.66. The summed E-state index contributed by atoms with van der Waals surface area (Å²) in [5.41, 5.74) is 0.332. The molecule has 2 aliphatic heterocycles. The van der Waals surface area contributed by atoms with Crippen molar-refractivity contribution in [1.29, 1.82) is 0 Å². The highest BCUT2D eigenvalue weighted by Crippen LogP contribution is 2.77. The molecule has 2 heterocycles. The van der Waals surface area contributed by atoms with Gasteiger partial charge in [-0.3, -0.25) is 4.79 Å². The van der Waals surface area contributed by atoms with Crippen molar-refractivity contribution in [1.82, 2.24) is 0 Å². The van der Waals surface area contributed by atoms with Gasteiger partial charge in [-0.25, -0.2) is 0 Å². The molecule has 4 aliphatic carbocycles. The van der Waals surface area contributed by atoms with Crippen LogP contribution in [0.15, 0.2) is 0 Å². The van der Waals surface area contributed by atoms with Crippen molar-refractivity contribution in [2.45, 2.75) is 54.5 Å². The van der Waals surface area contributed by atoms with E-state index in [1.807, 2.05) is 6.92 Å². The fourth-order valence-corrected chi connectivity index (χ4v) is 7.50. The van der Waals surface area contributed by atoms with E-state index >= 15 is 0 Å². The minimum absolute atomic E-state index is 0.0268. The molecule has 18 heavy (non-hydrogen) atoms. The zero-order valence-corrected chi connectivity index (χ0v) is 12.9. The summed E-state index contributed by atoms with van der Waals surface area (Å²) < 4.78 is 11.8. The van der Waals surface area contributed by atoms with Crippen LogP contribution in [0.1, 0.15) is 45.4 Å². The number of ether oxygens (including phenoxy) is 2. The summed E-state index contributed by atoms with van der Waals surface area (Å²) in [4.78, 5) is 12.0. The second-order valence-electron chi connectivity index (χ2n) is 7.18. The number of hydrogen-bond acceptors (Lipinski definition) is 3. The van der Waals surface area contributed by atoms with Gasteiger partial charge < -0.3 is 9.47 Å². The highest BCUT2D eigenvalue weighted by atomic mass is 127. The first-order valence-electron chi connectivity index (χ1n) is 6.93. The van der Waals surface area contributed by atoms with Gasteiger partial charge in [-0.2, -0.15) is 0 Å². The molecule has 4 saturated carbocycles. The van der Waals surface area contributed by atoms with Gasteiger partial charge in [0.1, 0.15) is 0 Å². The van der Waals surface area contributed by atoms with Crippen LogP contribution in [0.2, 0.25) is 0 Å². The summed E-state index contributed by atoms with van der Waals surface area (Å²) in [6.45, 7) is 2.95. The molecule has 0 atom stereocenters. The van der Waals surface area contributed by atoms with Crippen molar-refractivity contribution in [2.24, 2.45) is 10.8 Å². The molecule has 4 bridgehead atoms. The monoisotopic (exact) mass is 362 g/mol. The number of halogens is 1. The fourth-order valence-electron chi connectivity index (χ4n) is 5.07. The number of fused-ring (bicyclic) bond motifs is 1. The number of alkyl halides is 1. The molecule has 6 aliphatic rings. The molecule has 0 N–H and O–H groups in total. The summed E-state index contributed by atoms with van der Waals surface area (Å²) in [5, 5.41) is 0. The summed E-state index contributed by atoms with van der Waals surface area (Å²) in [6, 6.07) is 0. The van der Waals surface area contributed by atoms with E-state index in [9.17, 15) is 4.79 Å². The molecule has 6 rings (SSSR count). The van der Waals surface area contributed by atoms with Gasteiger partial charge in [0.25, 0.3) is 0 Å². The van der Waals surface area contributed by atoms with Gasteiger partial charge in [-0.1, -0.05) is 22.6 Å².